The molecule has 0 aromatic heterocycles. The SMILES string of the molecule is C/C=C\C.C=C.C=C/C(C)=C(/C)C=C. The molecule has 0 saturated carbocycles. The van der Waals surface area contributed by atoms with Crippen LogP contribution in [0.5, 0.6) is 0 Å². The van der Waals surface area contributed by atoms with Crippen molar-refractivity contribution >= 4 is 0 Å². The molecule has 0 atom stereocenters. The molecule has 0 heteroatoms. The largest absolute Gasteiger partial charge is 0.106 e. The van der Waals surface area contributed by atoms with Gasteiger partial charge < -0.3 is 0 Å². The molecular weight excluding hydrogens is 168 g/mol. The molecular formula is C14H24. The van der Waals surface area contributed by atoms with Gasteiger partial charge in [-0.25, -0.2) is 0 Å². The first-order valence-electron chi connectivity index (χ1n) is 4.63. The summed E-state index contributed by atoms with van der Waals surface area (Å²) in [4.78, 5) is 0. The standard InChI is InChI=1S/C8H12.C4H8.C2H4/c1-5-7(3)8(4)6-2;1-3-4-2;1-2/h5-6H,1-2H2,3-4H3;3-4H,1-2H3;1-2H2/b8-7-;4-3-;. The van der Waals surface area contributed by atoms with Gasteiger partial charge >= 0.3 is 0 Å². The van der Waals surface area contributed by atoms with E-state index in [1.54, 1.807) is 0 Å². The second kappa shape index (κ2) is 17.7. The summed E-state index contributed by atoms with van der Waals surface area (Å²) in [7, 11) is 0. The fraction of sp³-hybridized carbons (Fsp3) is 0.286. The lowest BCUT2D eigenvalue weighted by molar-refractivity contribution is 1.39. The molecule has 0 radical (unpaired) electrons. The van der Waals surface area contributed by atoms with Crippen LogP contribution in [0.3, 0.4) is 0 Å². The number of rotatable bonds is 2. The van der Waals surface area contributed by atoms with Crippen molar-refractivity contribution in [3.05, 3.63) is 61.8 Å². The molecule has 0 aliphatic carbocycles. The second-order valence-electron chi connectivity index (χ2n) is 2.44. The Morgan fingerprint density at radius 3 is 1.07 bits per heavy atom. The molecule has 0 spiro atoms. The van der Waals surface area contributed by atoms with Gasteiger partial charge in [-0.2, -0.15) is 0 Å². The van der Waals surface area contributed by atoms with Gasteiger partial charge in [0.25, 0.3) is 0 Å². The maximum absolute atomic E-state index is 3.62. The Morgan fingerprint density at radius 2 is 1.00 bits per heavy atom. The van der Waals surface area contributed by atoms with Gasteiger partial charge in [0.05, 0.1) is 0 Å². The van der Waals surface area contributed by atoms with Crippen LogP contribution in [0.2, 0.25) is 0 Å². The van der Waals surface area contributed by atoms with Gasteiger partial charge in [0.15, 0.2) is 0 Å². The van der Waals surface area contributed by atoms with Crippen molar-refractivity contribution < 1.29 is 0 Å². The zero-order chi connectivity index (χ0) is 12.0. The molecule has 0 amide bonds. The van der Waals surface area contributed by atoms with E-state index < -0.39 is 0 Å². The van der Waals surface area contributed by atoms with E-state index in [9.17, 15) is 0 Å². The molecule has 0 fully saturated rings. The highest BCUT2D eigenvalue weighted by Crippen LogP contribution is 2.02. The third-order valence-corrected chi connectivity index (χ3v) is 1.57. The Balaban J connectivity index is -0.000000170. The Kier molecular flexibility index (Phi) is 23.4. The summed E-state index contributed by atoms with van der Waals surface area (Å²) < 4.78 is 0. The molecule has 0 heterocycles. The summed E-state index contributed by atoms with van der Waals surface area (Å²) in [6.07, 6.45) is 7.66. The lowest BCUT2D eigenvalue weighted by atomic mass is 10.1. The molecule has 0 rings (SSSR count). The zero-order valence-corrected chi connectivity index (χ0v) is 10.1. The van der Waals surface area contributed by atoms with E-state index in [4.69, 9.17) is 0 Å². The lowest BCUT2D eigenvalue weighted by Crippen LogP contribution is -1.71. The third kappa shape index (κ3) is 17.0. The predicted molar refractivity (Wildman–Crippen MR) is 70.5 cm³/mol. The highest BCUT2D eigenvalue weighted by atomic mass is 13.9. The van der Waals surface area contributed by atoms with Crippen molar-refractivity contribution in [2.45, 2.75) is 27.7 Å². The van der Waals surface area contributed by atoms with E-state index in [1.807, 2.05) is 52.0 Å². The highest BCUT2D eigenvalue weighted by molar-refractivity contribution is 5.27. The number of hydrogen-bond donors (Lipinski definition) is 0. The molecule has 0 aliphatic heterocycles. The van der Waals surface area contributed by atoms with Gasteiger partial charge in [0.1, 0.15) is 0 Å². The van der Waals surface area contributed by atoms with E-state index >= 15 is 0 Å². The highest BCUT2D eigenvalue weighted by Gasteiger charge is 1.82. The molecule has 0 aromatic carbocycles. The van der Waals surface area contributed by atoms with E-state index in [0.29, 0.717) is 0 Å². The van der Waals surface area contributed by atoms with Crippen molar-refractivity contribution in [2.24, 2.45) is 0 Å². The predicted octanol–water partition coefficient (Wildman–Crippen LogP) is 5.08. The minimum Gasteiger partial charge on any atom is -0.106 e. The van der Waals surface area contributed by atoms with Crippen LogP contribution in [-0.4, -0.2) is 0 Å². The van der Waals surface area contributed by atoms with Crippen LogP contribution >= 0.6 is 0 Å². The van der Waals surface area contributed by atoms with E-state index in [1.165, 1.54) is 11.1 Å². The third-order valence-electron chi connectivity index (χ3n) is 1.57. The zero-order valence-electron chi connectivity index (χ0n) is 10.1. The van der Waals surface area contributed by atoms with Crippen LogP contribution in [0.4, 0.5) is 0 Å². The number of hydrogen-bond acceptors (Lipinski definition) is 0. The molecule has 0 bridgehead atoms. The maximum atomic E-state index is 3.62. The summed E-state index contributed by atoms with van der Waals surface area (Å²) in [6, 6.07) is 0. The average molecular weight is 192 g/mol. The Bertz CT molecular complexity index is 172. The molecule has 0 aromatic rings. The van der Waals surface area contributed by atoms with Crippen molar-refractivity contribution in [1.82, 2.24) is 0 Å². The van der Waals surface area contributed by atoms with Crippen LogP contribution in [0.15, 0.2) is 61.8 Å². The molecule has 80 valence electrons. The molecule has 0 unspecified atom stereocenters. The quantitative estimate of drug-likeness (QED) is 0.423. The van der Waals surface area contributed by atoms with Gasteiger partial charge in [-0.3, -0.25) is 0 Å². The molecule has 0 aliphatic rings. The fourth-order valence-corrected chi connectivity index (χ4v) is 0.322. The van der Waals surface area contributed by atoms with E-state index in [2.05, 4.69) is 26.3 Å². The van der Waals surface area contributed by atoms with Gasteiger partial charge in [0, 0.05) is 0 Å². The van der Waals surface area contributed by atoms with E-state index in [0.717, 1.165) is 0 Å². The monoisotopic (exact) mass is 192 g/mol. The van der Waals surface area contributed by atoms with Crippen LogP contribution in [0.1, 0.15) is 27.7 Å². The van der Waals surface area contributed by atoms with Crippen molar-refractivity contribution in [2.75, 3.05) is 0 Å². The first kappa shape index (κ1) is 18.5. The smallest absolute Gasteiger partial charge is 0.0395 e. The maximum Gasteiger partial charge on any atom is -0.0395 e. The van der Waals surface area contributed by atoms with Gasteiger partial charge in [0.2, 0.25) is 0 Å². The molecule has 0 saturated heterocycles. The first-order chi connectivity index (χ1) is 6.63. The molecule has 0 nitrogen and oxygen atoms in total. The van der Waals surface area contributed by atoms with Crippen molar-refractivity contribution in [1.29, 1.82) is 0 Å². The minimum absolute atomic E-state index is 1.19. The Morgan fingerprint density at radius 1 is 0.786 bits per heavy atom. The summed E-state index contributed by atoms with van der Waals surface area (Å²) in [6.45, 7) is 21.3. The average Bonchev–Trinajstić information content (AvgIpc) is 2.29. The molecule has 14 heavy (non-hydrogen) atoms. The molecule has 0 N–H and O–H groups in total. The summed E-state index contributed by atoms with van der Waals surface area (Å²) in [5, 5.41) is 0. The van der Waals surface area contributed by atoms with Crippen molar-refractivity contribution in [3.8, 4) is 0 Å². The first-order valence-corrected chi connectivity index (χ1v) is 4.63. The number of allylic oxidation sites excluding steroid dienone is 6. The summed E-state index contributed by atoms with van der Waals surface area (Å²) >= 11 is 0. The van der Waals surface area contributed by atoms with Crippen LogP contribution in [0.25, 0.3) is 0 Å². The van der Waals surface area contributed by atoms with Gasteiger partial charge in [-0.05, 0) is 38.8 Å². The van der Waals surface area contributed by atoms with Crippen molar-refractivity contribution in [3.63, 3.8) is 0 Å². The fourth-order valence-electron chi connectivity index (χ4n) is 0.322. The van der Waals surface area contributed by atoms with Crippen LogP contribution in [-0.2, 0) is 0 Å². The van der Waals surface area contributed by atoms with Crippen LogP contribution < -0.4 is 0 Å². The lowest BCUT2D eigenvalue weighted by Gasteiger charge is -1.92. The Labute approximate surface area is 90.0 Å². The second-order valence-corrected chi connectivity index (χ2v) is 2.44. The summed E-state index contributed by atoms with van der Waals surface area (Å²) in [5.41, 5.74) is 2.39. The summed E-state index contributed by atoms with van der Waals surface area (Å²) in [5.74, 6) is 0. The normalized spacial score (nSPS) is 10.0. The minimum atomic E-state index is 1.19. The Hall–Kier alpha value is -1.30. The van der Waals surface area contributed by atoms with Gasteiger partial charge in [-0.1, -0.05) is 37.5 Å². The van der Waals surface area contributed by atoms with Crippen LogP contribution in [0, 0.1) is 0 Å². The topological polar surface area (TPSA) is 0 Å². The van der Waals surface area contributed by atoms with E-state index in [-0.39, 0.29) is 0 Å². The van der Waals surface area contributed by atoms with Gasteiger partial charge in [-0.15, -0.1) is 13.2 Å².